The van der Waals surface area contributed by atoms with Gasteiger partial charge in [-0.15, -0.1) is 0 Å². The molecule has 0 spiro atoms. The first-order valence-corrected chi connectivity index (χ1v) is 9.01. The van der Waals surface area contributed by atoms with E-state index in [0.717, 1.165) is 0 Å². The van der Waals surface area contributed by atoms with Gasteiger partial charge in [0, 0.05) is 0 Å². The number of carbonyl (C=O) groups is 2. The third-order valence-electron chi connectivity index (χ3n) is 3.59. The van der Waals surface area contributed by atoms with Crippen LogP contribution in [0.15, 0.2) is 24.3 Å². The highest BCUT2D eigenvalue weighted by molar-refractivity contribution is 5.81. The van der Waals surface area contributed by atoms with Gasteiger partial charge in [-0.05, 0) is 64.8 Å². The quantitative estimate of drug-likeness (QED) is 0.719. The van der Waals surface area contributed by atoms with Crippen molar-refractivity contribution in [3.63, 3.8) is 0 Å². The van der Waals surface area contributed by atoms with Gasteiger partial charge in [0.2, 0.25) is 0 Å². The molecule has 0 saturated carbocycles. The largest absolute Gasteiger partial charge is 0.487 e. The molecule has 0 unspecified atom stereocenters. The molecule has 0 saturated heterocycles. The summed E-state index contributed by atoms with van der Waals surface area (Å²) in [4.78, 5) is 24.2. The molecule has 0 heterocycles. The maximum Gasteiger partial charge on any atom is 0.408 e. The van der Waals surface area contributed by atoms with Gasteiger partial charge in [-0.25, -0.2) is 14.0 Å². The van der Waals surface area contributed by atoms with E-state index in [2.05, 4.69) is 5.32 Å². The second-order valence-electron chi connectivity index (χ2n) is 7.79. The Hall–Kier alpha value is -2.31. The van der Waals surface area contributed by atoms with Crippen molar-refractivity contribution in [2.24, 2.45) is 5.92 Å². The lowest BCUT2D eigenvalue weighted by Crippen LogP contribution is -2.46. The highest BCUT2D eigenvalue weighted by atomic mass is 19.1. The summed E-state index contributed by atoms with van der Waals surface area (Å²) in [5, 5.41) is 2.46. The number of hydrogen-bond acceptors (Lipinski definition) is 5. The monoisotopic (exact) mass is 383 g/mol. The number of amides is 1. The number of ether oxygens (including phenoxy) is 3. The molecule has 0 bridgehead atoms. The van der Waals surface area contributed by atoms with E-state index in [9.17, 15) is 14.0 Å². The van der Waals surface area contributed by atoms with Crippen LogP contribution in [0.3, 0.4) is 0 Å². The molecule has 152 valence electrons. The Morgan fingerprint density at radius 1 is 1.04 bits per heavy atom. The predicted octanol–water partition coefficient (Wildman–Crippen LogP) is 4.07. The normalized spacial score (nSPS) is 14.9. The zero-order valence-electron chi connectivity index (χ0n) is 17.0. The summed E-state index contributed by atoms with van der Waals surface area (Å²) in [5.74, 6) is -0.498. The van der Waals surface area contributed by atoms with Crippen LogP contribution in [0.5, 0.6) is 5.75 Å². The van der Waals surface area contributed by atoms with Crippen molar-refractivity contribution in [3.8, 4) is 5.75 Å². The van der Waals surface area contributed by atoms with Crippen molar-refractivity contribution in [1.29, 1.82) is 0 Å². The van der Waals surface area contributed by atoms with E-state index < -0.39 is 35.9 Å². The number of esters is 1. The van der Waals surface area contributed by atoms with Crippen LogP contribution in [0.4, 0.5) is 9.18 Å². The van der Waals surface area contributed by atoms with Gasteiger partial charge in [0.05, 0.1) is 0 Å². The molecule has 1 aromatic carbocycles. The van der Waals surface area contributed by atoms with Crippen molar-refractivity contribution >= 4 is 12.1 Å². The number of hydrogen-bond donors (Lipinski definition) is 1. The Morgan fingerprint density at radius 3 is 2.07 bits per heavy atom. The average Bonchev–Trinajstić information content (AvgIpc) is 2.52. The molecule has 6 nitrogen and oxygen atoms in total. The number of rotatable bonds is 7. The molecule has 27 heavy (non-hydrogen) atoms. The number of nitrogens with one attached hydrogen (secondary N) is 1. The Balaban J connectivity index is 2.67. The lowest BCUT2D eigenvalue weighted by atomic mass is 10.0. The molecule has 3 atom stereocenters. The van der Waals surface area contributed by atoms with Crippen molar-refractivity contribution < 1.29 is 28.2 Å². The lowest BCUT2D eigenvalue weighted by Gasteiger charge is -2.29. The fourth-order valence-electron chi connectivity index (χ4n) is 2.35. The molecule has 1 aromatic rings. The number of benzene rings is 1. The Morgan fingerprint density at radius 2 is 1.59 bits per heavy atom. The summed E-state index contributed by atoms with van der Waals surface area (Å²) in [5.41, 5.74) is -0.661. The minimum Gasteiger partial charge on any atom is -0.487 e. The van der Waals surface area contributed by atoms with E-state index in [0.29, 0.717) is 5.75 Å². The minimum absolute atomic E-state index is 0.0295. The van der Waals surface area contributed by atoms with Crippen LogP contribution in [0.2, 0.25) is 0 Å². The summed E-state index contributed by atoms with van der Waals surface area (Å²) in [7, 11) is 0. The van der Waals surface area contributed by atoms with Gasteiger partial charge < -0.3 is 19.5 Å². The van der Waals surface area contributed by atoms with Gasteiger partial charge in [-0.3, -0.25) is 0 Å². The molecule has 0 aromatic heterocycles. The number of carbonyl (C=O) groups excluding carboxylic acids is 2. The van der Waals surface area contributed by atoms with E-state index in [1.807, 2.05) is 13.8 Å². The molecular formula is C20H30FNO5. The van der Waals surface area contributed by atoms with Gasteiger partial charge in [-0.2, -0.15) is 0 Å². The topological polar surface area (TPSA) is 73.9 Å². The standard InChI is InChI=1S/C20H30FNO5/c1-12(2)17(14(4)25-16-10-8-15(21)9-11-16)26-18(23)13(3)22-19(24)27-20(5,6)7/h8-14,17H,1-7H3,(H,22,24)/t13-,14-,17-/m0/s1. The fourth-order valence-corrected chi connectivity index (χ4v) is 2.35. The zero-order valence-corrected chi connectivity index (χ0v) is 17.0. The smallest absolute Gasteiger partial charge is 0.408 e. The Kier molecular flexibility index (Phi) is 8.06. The van der Waals surface area contributed by atoms with Crippen LogP contribution < -0.4 is 10.1 Å². The molecule has 0 radical (unpaired) electrons. The van der Waals surface area contributed by atoms with Gasteiger partial charge in [0.15, 0.2) is 0 Å². The summed E-state index contributed by atoms with van der Waals surface area (Å²) < 4.78 is 29.5. The summed E-state index contributed by atoms with van der Waals surface area (Å²) in [6.07, 6.45) is -1.71. The maximum absolute atomic E-state index is 13.0. The summed E-state index contributed by atoms with van der Waals surface area (Å²) in [6, 6.07) is 4.74. The number of halogens is 1. The predicted molar refractivity (Wildman–Crippen MR) is 100 cm³/mol. The SMILES string of the molecule is CC(C)[C@H](OC(=O)[C@H](C)NC(=O)OC(C)(C)C)[C@H](C)Oc1ccc(F)cc1. The Labute approximate surface area is 160 Å². The average molecular weight is 383 g/mol. The third-order valence-corrected chi connectivity index (χ3v) is 3.59. The molecule has 0 fully saturated rings. The van der Waals surface area contributed by atoms with Crippen LogP contribution in [0.25, 0.3) is 0 Å². The van der Waals surface area contributed by atoms with Crippen molar-refractivity contribution in [2.75, 3.05) is 0 Å². The minimum atomic E-state index is -0.876. The zero-order chi connectivity index (χ0) is 20.8. The van der Waals surface area contributed by atoms with Crippen molar-refractivity contribution in [3.05, 3.63) is 30.1 Å². The van der Waals surface area contributed by atoms with Crippen LogP contribution in [-0.4, -0.2) is 35.9 Å². The molecule has 1 rings (SSSR count). The molecular weight excluding hydrogens is 353 g/mol. The Bertz CT molecular complexity index is 624. The summed E-state index contributed by atoms with van der Waals surface area (Å²) in [6.45, 7) is 12.3. The maximum atomic E-state index is 13.0. The molecule has 0 aliphatic rings. The van der Waals surface area contributed by atoms with Gasteiger partial charge in [0.25, 0.3) is 0 Å². The van der Waals surface area contributed by atoms with Crippen LogP contribution in [0.1, 0.15) is 48.5 Å². The molecule has 1 amide bonds. The lowest BCUT2D eigenvalue weighted by molar-refractivity contribution is -0.158. The van der Waals surface area contributed by atoms with Crippen LogP contribution in [-0.2, 0) is 14.3 Å². The third kappa shape index (κ3) is 8.28. The highest BCUT2D eigenvalue weighted by Gasteiger charge is 2.30. The van der Waals surface area contributed by atoms with Crippen LogP contribution >= 0.6 is 0 Å². The van der Waals surface area contributed by atoms with Crippen molar-refractivity contribution in [2.45, 2.75) is 72.3 Å². The van der Waals surface area contributed by atoms with E-state index in [-0.39, 0.29) is 11.7 Å². The van der Waals surface area contributed by atoms with Gasteiger partial charge >= 0.3 is 12.1 Å². The van der Waals surface area contributed by atoms with E-state index in [1.54, 1.807) is 27.7 Å². The molecule has 0 aliphatic heterocycles. The first-order chi connectivity index (χ1) is 12.4. The number of alkyl carbamates (subject to hydrolysis) is 1. The first-order valence-electron chi connectivity index (χ1n) is 9.01. The van der Waals surface area contributed by atoms with Crippen LogP contribution in [0, 0.1) is 11.7 Å². The molecule has 1 N–H and O–H groups in total. The second-order valence-corrected chi connectivity index (χ2v) is 7.79. The van der Waals surface area contributed by atoms with Gasteiger partial charge in [-0.1, -0.05) is 13.8 Å². The van der Waals surface area contributed by atoms with Crippen molar-refractivity contribution in [1.82, 2.24) is 5.32 Å². The fraction of sp³-hybridized carbons (Fsp3) is 0.600. The summed E-state index contributed by atoms with van der Waals surface area (Å²) >= 11 is 0. The first kappa shape index (κ1) is 22.7. The molecule has 7 heteroatoms. The van der Waals surface area contributed by atoms with Gasteiger partial charge in [0.1, 0.15) is 35.4 Å². The molecule has 0 aliphatic carbocycles. The van der Waals surface area contributed by atoms with E-state index in [4.69, 9.17) is 14.2 Å². The van der Waals surface area contributed by atoms with E-state index >= 15 is 0 Å². The highest BCUT2D eigenvalue weighted by Crippen LogP contribution is 2.20. The van der Waals surface area contributed by atoms with E-state index in [1.165, 1.54) is 31.2 Å². The second kappa shape index (κ2) is 9.58.